The Labute approximate surface area is 203 Å². The van der Waals surface area contributed by atoms with Crippen LogP contribution in [0.3, 0.4) is 0 Å². The fourth-order valence-electron chi connectivity index (χ4n) is 4.10. The number of benzene rings is 3. The Morgan fingerprint density at radius 3 is 2.50 bits per heavy atom. The van der Waals surface area contributed by atoms with Crippen molar-refractivity contribution in [3.63, 3.8) is 0 Å². The van der Waals surface area contributed by atoms with E-state index in [-0.39, 0.29) is 21.9 Å². The largest absolute Gasteiger partial charge is 0.507 e. The van der Waals surface area contributed by atoms with Crippen LogP contribution in [0.2, 0.25) is 5.02 Å². The lowest BCUT2D eigenvalue weighted by atomic mass is 9.94. The number of methoxy groups -OCH3 is 1. The molecule has 4 rings (SSSR count). The molecule has 1 aliphatic heterocycles. The lowest BCUT2D eigenvalue weighted by molar-refractivity contribution is -0.132. The van der Waals surface area contributed by atoms with E-state index in [0.717, 1.165) is 5.56 Å². The Kier molecular flexibility index (Phi) is 6.61. The van der Waals surface area contributed by atoms with Gasteiger partial charge in [-0.3, -0.25) is 14.5 Å². The average Bonchev–Trinajstić information content (AvgIpc) is 3.10. The highest BCUT2D eigenvalue weighted by Crippen LogP contribution is 2.44. The Morgan fingerprint density at radius 1 is 1.03 bits per heavy atom. The summed E-state index contributed by atoms with van der Waals surface area (Å²) in [5.41, 5.74) is 2.27. The van der Waals surface area contributed by atoms with Gasteiger partial charge in [-0.1, -0.05) is 47.5 Å². The van der Waals surface area contributed by atoms with Crippen LogP contribution in [0.4, 0.5) is 5.69 Å². The second kappa shape index (κ2) is 9.61. The number of halogens is 1. The number of hydrogen-bond donors (Lipinski definition) is 1. The van der Waals surface area contributed by atoms with E-state index in [1.54, 1.807) is 36.4 Å². The molecule has 174 valence electrons. The van der Waals surface area contributed by atoms with Crippen LogP contribution in [0.15, 0.2) is 72.3 Å². The third-order valence-electron chi connectivity index (χ3n) is 5.64. The number of carbonyl (C=O) groups is 2. The van der Waals surface area contributed by atoms with Crippen molar-refractivity contribution >= 4 is 34.7 Å². The van der Waals surface area contributed by atoms with Crippen molar-refractivity contribution in [3.05, 3.63) is 94.0 Å². The summed E-state index contributed by atoms with van der Waals surface area (Å²) in [5.74, 6) is -0.889. The van der Waals surface area contributed by atoms with Crippen LogP contribution in [0.1, 0.15) is 29.7 Å². The van der Waals surface area contributed by atoms with E-state index in [2.05, 4.69) is 0 Å². The fraction of sp³-hybridized carbons (Fsp3) is 0.185. The molecule has 0 radical (unpaired) electrons. The van der Waals surface area contributed by atoms with Gasteiger partial charge in [0.25, 0.3) is 11.7 Å². The van der Waals surface area contributed by atoms with E-state index in [1.165, 1.54) is 18.1 Å². The molecule has 1 atom stereocenters. The summed E-state index contributed by atoms with van der Waals surface area (Å²) in [7, 11) is 1.49. The second-order valence-electron chi connectivity index (χ2n) is 7.86. The maximum absolute atomic E-state index is 13.3. The number of rotatable bonds is 6. The predicted molar refractivity (Wildman–Crippen MR) is 132 cm³/mol. The van der Waals surface area contributed by atoms with Gasteiger partial charge in [-0.2, -0.15) is 0 Å². The number of carbonyl (C=O) groups excluding carboxylic acids is 2. The first-order valence-corrected chi connectivity index (χ1v) is 11.2. The molecule has 1 saturated heterocycles. The lowest BCUT2D eigenvalue weighted by Crippen LogP contribution is -2.29. The van der Waals surface area contributed by atoms with Crippen LogP contribution in [0.25, 0.3) is 5.76 Å². The fourth-order valence-corrected chi connectivity index (χ4v) is 4.31. The highest BCUT2D eigenvalue weighted by Gasteiger charge is 2.47. The maximum Gasteiger partial charge on any atom is 0.300 e. The van der Waals surface area contributed by atoms with Crippen LogP contribution >= 0.6 is 11.6 Å². The van der Waals surface area contributed by atoms with Gasteiger partial charge in [-0.15, -0.1) is 0 Å². The average molecular weight is 478 g/mol. The zero-order chi connectivity index (χ0) is 24.4. The minimum atomic E-state index is -0.862. The molecule has 34 heavy (non-hydrogen) atoms. The number of amides is 1. The van der Waals surface area contributed by atoms with E-state index in [1.807, 2.05) is 38.1 Å². The summed E-state index contributed by atoms with van der Waals surface area (Å²) < 4.78 is 10.9. The quantitative estimate of drug-likeness (QED) is 0.281. The van der Waals surface area contributed by atoms with Gasteiger partial charge in [-0.25, -0.2) is 0 Å². The highest BCUT2D eigenvalue weighted by atomic mass is 35.5. The maximum atomic E-state index is 13.3. The summed E-state index contributed by atoms with van der Waals surface area (Å²) in [6.45, 7) is 4.24. The van der Waals surface area contributed by atoms with Crippen LogP contribution in [0.5, 0.6) is 11.5 Å². The van der Waals surface area contributed by atoms with Crippen molar-refractivity contribution < 1.29 is 24.2 Å². The molecule has 1 fully saturated rings. The molecule has 0 aliphatic carbocycles. The highest BCUT2D eigenvalue weighted by molar-refractivity contribution is 6.52. The molecule has 0 spiro atoms. The molecule has 0 bridgehead atoms. The number of aliphatic hydroxyl groups excluding tert-OH is 1. The molecule has 1 N–H and O–H groups in total. The van der Waals surface area contributed by atoms with Gasteiger partial charge < -0.3 is 14.6 Å². The van der Waals surface area contributed by atoms with E-state index in [0.29, 0.717) is 29.4 Å². The Balaban J connectivity index is 1.96. The third-order valence-corrected chi connectivity index (χ3v) is 5.97. The van der Waals surface area contributed by atoms with Gasteiger partial charge in [0.05, 0.1) is 30.4 Å². The number of anilines is 1. The number of Topliss-reactive ketones (excluding diaryl/α,β-unsaturated/α-hetero) is 1. The number of ether oxygens (including phenoxy) is 2. The van der Waals surface area contributed by atoms with Gasteiger partial charge >= 0.3 is 0 Å². The van der Waals surface area contributed by atoms with Crippen LogP contribution in [0, 0.1) is 6.92 Å². The zero-order valence-electron chi connectivity index (χ0n) is 19.0. The molecule has 1 aliphatic rings. The Hall–Kier alpha value is -3.77. The molecule has 3 aromatic rings. The molecule has 1 unspecified atom stereocenters. The van der Waals surface area contributed by atoms with Gasteiger partial charge in [0.15, 0.2) is 0 Å². The van der Waals surface area contributed by atoms with Crippen molar-refractivity contribution in [1.82, 2.24) is 0 Å². The van der Waals surface area contributed by atoms with Crippen molar-refractivity contribution in [2.75, 3.05) is 18.6 Å². The van der Waals surface area contributed by atoms with Gasteiger partial charge in [0.2, 0.25) is 0 Å². The van der Waals surface area contributed by atoms with E-state index < -0.39 is 17.7 Å². The molecule has 3 aromatic carbocycles. The number of ketones is 1. The monoisotopic (exact) mass is 477 g/mol. The summed E-state index contributed by atoms with van der Waals surface area (Å²) in [6, 6.07) is 18.3. The first-order chi connectivity index (χ1) is 16.3. The third kappa shape index (κ3) is 4.24. The summed E-state index contributed by atoms with van der Waals surface area (Å²) in [6.07, 6.45) is 0. The van der Waals surface area contributed by atoms with Crippen molar-refractivity contribution in [1.29, 1.82) is 0 Å². The van der Waals surface area contributed by atoms with Crippen LogP contribution in [-0.4, -0.2) is 30.5 Å². The zero-order valence-corrected chi connectivity index (χ0v) is 19.8. The summed E-state index contributed by atoms with van der Waals surface area (Å²) in [5, 5.41) is 11.6. The minimum Gasteiger partial charge on any atom is -0.507 e. The topological polar surface area (TPSA) is 76.1 Å². The van der Waals surface area contributed by atoms with Crippen molar-refractivity contribution in [3.8, 4) is 11.5 Å². The molecule has 1 amide bonds. The molecule has 6 nitrogen and oxygen atoms in total. The number of aliphatic hydroxyl groups is 1. The standard InChI is InChI=1S/C27H24ClNO5/c1-4-34-20-10-6-9-18(14-20)29-24(17-8-5-7-16(2)13-17)23(26(31)27(29)32)25(30)21-15-19(33-3)11-12-22(21)28/h5-15,24,30H,4H2,1-3H3/b25-23+. The van der Waals surface area contributed by atoms with E-state index >= 15 is 0 Å². The Bertz CT molecular complexity index is 1300. The first-order valence-electron chi connectivity index (χ1n) is 10.8. The summed E-state index contributed by atoms with van der Waals surface area (Å²) in [4.78, 5) is 28.1. The van der Waals surface area contributed by atoms with E-state index in [4.69, 9.17) is 21.1 Å². The molecular formula is C27H24ClNO5. The SMILES string of the molecule is CCOc1cccc(N2C(=O)C(=O)/C(=C(/O)c3cc(OC)ccc3Cl)C2c2cccc(C)c2)c1. The first kappa shape index (κ1) is 23.4. The van der Waals surface area contributed by atoms with E-state index in [9.17, 15) is 14.7 Å². The van der Waals surface area contributed by atoms with Crippen LogP contribution in [-0.2, 0) is 9.59 Å². The molecule has 7 heteroatoms. The van der Waals surface area contributed by atoms with Gasteiger partial charge in [-0.05, 0) is 49.7 Å². The minimum absolute atomic E-state index is 0.0485. The Morgan fingerprint density at radius 2 is 1.79 bits per heavy atom. The predicted octanol–water partition coefficient (Wildman–Crippen LogP) is 5.68. The van der Waals surface area contributed by atoms with Crippen molar-refractivity contribution in [2.45, 2.75) is 19.9 Å². The smallest absolute Gasteiger partial charge is 0.300 e. The molecule has 0 saturated carbocycles. The molecular weight excluding hydrogens is 454 g/mol. The van der Waals surface area contributed by atoms with Gasteiger partial charge in [0, 0.05) is 17.3 Å². The number of nitrogens with zero attached hydrogens (tertiary/aromatic N) is 1. The molecule has 0 aromatic heterocycles. The number of hydrogen-bond acceptors (Lipinski definition) is 5. The van der Waals surface area contributed by atoms with Gasteiger partial charge in [0.1, 0.15) is 17.3 Å². The lowest BCUT2D eigenvalue weighted by Gasteiger charge is -2.26. The normalized spacial score (nSPS) is 17.2. The summed E-state index contributed by atoms with van der Waals surface area (Å²) >= 11 is 6.36. The second-order valence-corrected chi connectivity index (χ2v) is 8.27. The van der Waals surface area contributed by atoms with Crippen molar-refractivity contribution in [2.24, 2.45) is 0 Å². The van der Waals surface area contributed by atoms with Crippen LogP contribution < -0.4 is 14.4 Å². The number of aryl methyl sites for hydroxylation is 1. The molecule has 1 heterocycles.